The Morgan fingerprint density at radius 2 is 1.97 bits per heavy atom. The number of methoxy groups -OCH3 is 1. The predicted octanol–water partition coefficient (Wildman–Crippen LogP) is 3.77. The standard InChI is InChI=1S/C25H30N2O4/c1-15-12-19(30-24(28)16-4-7-18(26)8-5-16)13-21-25(15)10-11-27(2)14-17-6-9-20(29-3)23(31-21)22(17)25/h4-9,15,19,21H,10-14,26H2,1-3H3/t15?,19-,21?,25+/m0/s1. The lowest BCUT2D eigenvalue weighted by Crippen LogP contribution is -2.52. The van der Waals surface area contributed by atoms with Crippen molar-refractivity contribution in [1.29, 1.82) is 0 Å². The van der Waals surface area contributed by atoms with E-state index in [1.807, 2.05) is 6.07 Å². The molecule has 0 radical (unpaired) electrons. The minimum absolute atomic E-state index is 0.0305. The highest BCUT2D eigenvalue weighted by molar-refractivity contribution is 5.89. The van der Waals surface area contributed by atoms with Gasteiger partial charge < -0.3 is 24.8 Å². The molecule has 31 heavy (non-hydrogen) atoms. The van der Waals surface area contributed by atoms with E-state index < -0.39 is 0 Å². The van der Waals surface area contributed by atoms with E-state index in [0.29, 0.717) is 23.6 Å². The van der Waals surface area contributed by atoms with Crippen LogP contribution in [0.5, 0.6) is 11.5 Å². The lowest BCUT2D eigenvalue weighted by atomic mass is 9.59. The summed E-state index contributed by atoms with van der Waals surface area (Å²) in [5.41, 5.74) is 9.46. The molecule has 2 aromatic carbocycles. The second-order valence-electron chi connectivity index (χ2n) is 9.29. The third-order valence-electron chi connectivity index (χ3n) is 7.47. The van der Waals surface area contributed by atoms with E-state index in [-0.39, 0.29) is 23.6 Å². The summed E-state index contributed by atoms with van der Waals surface area (Å²) in [6, 6.07) is 11.1. The van der Waals surface area contributed by atoms with Crippen molar-refractivity contribution in [3.63, 3.8) is 0 Å². The smallest absolute Gasteiger partial charge is 0.338 e. The number of nitrogens with zero attached hydrogens (tertiary/aromatic N) is 1. The molecule has 2 aliphatic heterocycles. The van der Waals surface area contributed by atoms with Gasteiger partial charge in [0.1, 0.15) is 12.2 Å². The molecule has 4 atom stereocenters. The van der Waals surface area contributed by atoms with E-state index in [2.05, 4.69) is 24.9 Å². The zero-order valence-corrected chi connectivity index (χ0v) is 18.4. The van der Waals surface area contributed by atoms with Gasteiger partial charge in [0.25, 0.3) is 0 Å². The Bertz CT molecular complexity index is 1010. The third kappa shape index (κ3) is 3.16. The van der Waals surface area contributed by atoms with Gasteiger partial charge in [-0.05, 0) is 68.2 Å². The zero-order valence-electron chi connectivity index (χ0n) is 18.4. The van der Waals surface area contributed by atoms with E-state index in [0.717, 1.165) is 37.4 Å². The number of rotatable bonds is 3. The van der Waals surface area contributed by atoms with Gasteiger partial charge in [0.15, 0.2) is 11.5 Å². The number of hydrogen-bond acceptors (Lipinski definition) is 6. The normalized spacial score (nSPS) is 29.3. The van der Waals surface area contributed by atoms with Gasteiger partial charge in [-0.3, -0.25) is 0 Å². The van der Waals surface area contributed by atoms with Crippen LogP contribution in [0.4, 0.5) is 5.69 Å². The third-order valence-corrected chi connectivity index (χ3v) is 7.47. The van der Waals surface area contributed by atoms with E-state index in [9.17, 15) is 4.79 Å². The van der Waals surface area contributed by atoms with E-state index in [1.165, 1.54) is 11.1 Å². The van der Waals surface area contributed by atoms with Crippen LogP contribution in [-0.2, 0) is 16.7 Å². The fourth-order valence-corrected chi connectivity index (χ4v) is 5.91. The monoisotopic (exact) mass is 422 g/mol. The number of benzene rings is 2. The molecule has 164 valence electrons. The Balaban J connectivity index is 1.45. The molecule has 2 unspecified atom stereocenters. The second-order valence-corrected chi connectivity index (χ2v) is 9.29. The molecule has 6 heteroatoms. The molecule has 1 aliphatic carbocycles. The van der Waals surface area contributed by atoms with Crippen LogP contribution in [0.15, 0.2) is 36.4 Å². The van der Waals surface area contributed by atoms with Crippen LogP contribution in [0, 0.1) is 5.92 Å². The molecule has 2 heterocycles. The molecule has 0 bridgehead atoms. The molecule has 1 saturated carbocycles. The topological polar surface area (TPSA) is 74.0 Å². The molecule has 0 aromatic heterocycles. The van der Waals surface area contributed by atoms with Crippen molar-refractivity contribution in [3.05, 3.63) is 53.1 Å². The Morgan fingerprint density at radius 1 is 1.19 bits per heavy atom. The first-order valence-electron chi connectivity index (χ1n) is 11.0. The SMILES string of the molecule is COc1ccc2c3c1OC1C[C@@H](OC(=O)c4ccc(N)cc4)CC(C)[C@@]31CCN(C)C2. The average molecular weight is 423 g/mol. The average Bonchev–Trinajstić information content (AvgIpc) is 3.00. The number of anilines is 1. The van der Waals surface area contributed by atoms with Gasteiger partial charge in [0.2, 0.25) is 0 Å². The van der Waals surface area contributed by atoms with Crippen LogP contribution in [0.1, 0.15) is 47.7 Å². The zero-order chi connectivity index (χ0) is 21.8. The first-order chi connectivity index (χ1) is 14.9. The molecular weight excluding hydrogens is 392 g/mol. The number of ether oxygens (including phenoxy) is 3. The van der Waals surface area contributed by atoms with Gasteiger partial charge in [-0.15, -0.1) is 0 Å². The van der Waals surface area contributed by atoms with Gasteiger partial charge >= 0.3 is 5.97 Å². The molecule has 2 aromatic rings. The van der Waals surface area contributed by atoms with Gasteiger partial charge in [-0.25, -0.2) is 4.79 Å². The molecule has 5 rings (SSSR count). The summed E-state index contributed by atoms with van der Waals surface area (Å²) >= 11 is 0. The highest BCUT2D eigenvalue weighted by atomic mass is 16.6. The highest BCUT2D eigenvalue weighted by Crippen LogP contribution is 2.59. The fourth-order valence-electron chi connectivity index (χ4n) is 5.91. The van der Waals surface area contributed by atoms with Crippen molar-refractivity contribution in [2.75, 3.05) is 26.4 Å². The van der Waals surface area contributed by atoms with Crippen molar-refractivity contribution in [2.24, 2.45) is 5.92 Å². The van der Waals surface area contributed by atoms with E-state index in [4.69, 9.17) is 19.9 Å². The maximum atomic E-state index is 12.7. The fraction of sp³-hybridized carbons (Fsp3) is 0.480. The van der Waals surface area contributed by atoms with E-state index in [1.54, 1.807) is 31.4 Å². The number of nitrogen functional groups attached to an aromatic ring is 1. The summed E-state index contributed by atoms with van der Waals surface area (Å²) in [6.45, 7) is 4.20. The Kier molecular flexibility index (Phi) is 4.85. The van der Waals surface area contributed by atoms with Crippen LogP contribution >= 0.6 is 0 Å². The Labute approximate surface area is 183 Å². The number of carbonyl (C=O) groups excluding carboxylic acids is 1. The number of carbonyl (C=O) groups is 1. The minimum Gasteiger partial charge on any atom is -0.493 e. The molecule has 3 aliphatic rings. The van der Waals surface area contributed by atoms with Crippen molar-refractivity contribution < 1.29 is 19.0 Å². The first-order valence-corrected chi connectivity index (χ1v) is 11.0. The summed E-state index contributed by atoms with van der Waals surface area (Å²) in [4.78, 5) is 15.1. The quantitative estimate of drug-likeness (QED) is 0.600. The predicted molar refractivity (Wildman–Crippen MR) is 118 cm³/mol. The molecule has 0 amide bonds. The maximum Gasteiger partial charge on any atom is 0.338 e. The lowest BCUT2D eigenvalue weighted by Gasteiger charge is -2.46. The number of hydrogen-bond donors (Lipinski definition) is 1. The molecule has 1 fully saturated rings. The summed E-state index contributed by atoms with van der Waals surface area (Å²) in [5.74, 6) is 1.69. The van der Waals surface area contributed by atoms with Crippen LogP contribution in [0.3, 0.4) is 0 Å². The summed E-state index contributed by atoms with van der Waals surface area (Å²) in [7, 11) is 3.87. The largest absolute Gasteiger partial charge is 0.493 e. The first kappa shape index (κ1) is 20.2. The van der Waals surface area contributed by atoms with Crippen molar-refractivity contribution >= 4 is 11.7 Å². The lowest BCUT2D eigenvalue weighted by molar-refractivity contribution is -0.0377. The molecule has 6 nitrogen and oxygen atoms in total. The van der Waals surface area contributed by atoms with E-state index >= 15 is 0 Å². The van der Waals surface area contributed by atoms with Crippen molar-refractivity contribution in [1.82, 2.24) is 4.90 Å². The van der Waals surface area contributed by atoms with Crippen molar-refractivity contribution in [3.8, 4) is 11.5 Å². The van der Waals surface area contributed by atoms with Crippen molar-refractivity contribution in [2.45, 2.75) is 50.4 Å². The Hall–Kier alpha value is -2.73. The van der Waals surface area contributed by atoms with Crippen LogP contribution in [0.25, 0.3) is 0 Å². The highest BCUT2D eigenvalue weighted by Gasteiger charge is 2.58. The Morgan fingerprint density at radius 3 is 2.71 bits per heavy atom. The van der Waals surface area contributed by atoms with Crippen LogP contribution < -0.4 is 15.2 Å². The molecular formula is C25H30N2O4. The number of esters is 1. The van der Waals surface area contributed by atoms with Gasteiger partial charge in [-0.1, -0.05) is 13.0 Å². The summed E-state index contributed by atoms with van der Waals surface area (Å²) < 4.78 is 18.2. The van der Waals surface area contributed by atoms with Crippen LogP contribution in [0.2, 0.25) is 0 Å². The van der Waals surface area contributed by atoms with Gasteiger partial charge in [0.05, 0.1) is 12.7 Å². The summed E-state index contributed by atoms with van der Waals surface area (Å²) in [6.07, 6.45) is 2.32. The molecule has 0 saturated heterocycles. The second kappa shape index (κ2) is 7.45. The minimum atomic E-state index is -0.303. The van der Waals surface area contributed by atoms with Gasteiger partial charge in [0, 0.05) is 29.6 Å². The summed E-state index contributed by atoms with van der Waals surface area (Å²) in [5, 5.41) is 0. The maximum absolute atomic E-state index is 12.7. The molecule has 2 N–H and O–H groups in total. The molecule has 1 spiro atoms. The number of nitrogens with two attached hydrogens (primary N) is 1. The van der Waals surface area contributed by atoms with Crippen LogP contribution in [-0.4, -0.2) is 43.8 Å². The van der Waals surface area contributed by atoms with Gasteiger partial charge in [-0.2, -0.15) is 0 Å².